The van der Waals surface area contributed by atoms with Crippen molar-refractivity contribution in [3.8, 4) is 11.5 Å². The Morgan fingerprint density at radius 2 is 1.05 bits per heavy atom. The number of rotatable bonds is 3. The minimum atomic E-state index is -0.216. The zero-order valence-corrected chi connectivity index (χ0v) is 26.6. The third-order valence-corrected chi connectivity index (χ3v) is 9.48. The molecule has 7 heteroatoms. The number of thioether (sulfide) groups is 2. The van der Waals surface area contributed by atoms with Gasteiger partial charge in [-0.2, -0.15) is 23.5 Å². The maximum absolute atomic E-state index is 12.2. The number of benzene rings is 3. The van der Waals surface area contributed by atoms with Crippen LogP contribution in [0.5, 0.6) is 11.5 Å². The van der Waals surface area contributed by atoms with Gasteiger partial charge in [-0.15, -0.1) is 0 Å². The van der Waals surface area contributed by atoms with Crippen LogP contribution in [0.3, 0.4) is 0 Å². The van der Waals surface area contributed by atoms with E-state index in [4.69, 9.17) is 9.47 Å². The lowest BCUT2D eigenvalue weighted by Crippen LogP contribution is -2.15. The van der Waals surface area contributed by atoms with Crippen LogP contribution in [0.4, 0.5) is 5.69 Å². The Balaban J connectivity index is 1.96. The average Bonchev–Trinajstić information content (AvgIpc) is 2.86. The van der Waals surface area contributed by atoms with E-state index in [2.05, 4.69) is 65.8 Å². The number of ether oxygens (including phenoxy) is 2. The minimum absolute atomic E-state index is 0.0481. The third kappa shape index (κ3) is 6.63. The molecule has 1 aliphatic heterocycles. The normalized spacial score (nSPS) is 14.5. The molecule has 40 heavy (non-hydrogen) atoms. The number of para-hydroxylation sites is 1. The molecular weight excluding hydrogens is 539 g/mol. The summed E-state index contributed by atoms with van der Waals surface area (Å²) in [6.07, 6.45) is 0.694. The van der Waals surface area contributed by atoms with Gasteiger partial charge in [0.05, 0.1) is 19.1 Å². The van der Waals surface area contributed by atoms with Gasteiger partial charge >= 0.3 is 0 Å². The van der Waals surface area contributed by atoms with Crippen LogP contribution in [0.2, 0.25) is 0 Å². The molecule has 6 bridgehead atoms. The van der Waals surface area contributed by atoms with Gasteiger partial charge in [0.2, 0.25) is 0 Å². The van der Waals surface area contributed by atoms with E-state index in [1.165, 1.54) is 11.1 Å². The molecule has 0 amide bonds. The highest BCUT2D eigenvalue weighted by Gasteiger charge is 2.25. The van der Waals surface area contributed by atoms with Gasteiger partial charge in [0.15, 0.2) is 0 Å². The van der Waals surface area contributed by atoms with Crippen LogP contribution in [-0.2, 0) is 40.3 Å². The Bertz CT molecular complexity index is 1310. The van der Waals surface area contributed by atoms with E-state index in [0.717, 1.165) is 44.9 Å². The van der Waals surface area contributed by atoms with Gasteiger partial charge < -0.3 is 9.47 Å². The van der Waals surface area contributed by atoms with Crippen molar-refractivity contribution in [3.05, 3.63) is 97.1 Å². The van der Waals surface area contributed by atoms with E-state index in [9.17, 15) is 10.1 Å². The molecule has 0 N–H and O–H groups in total. The fraction of sp³-hybridized carbons (Fsp3) is 0.455. The van der Waals surface area contributed by atoms with E-state index in [-0.39, 0.29) is 21.4 Å². The molecule has 1 heterocycles. The molecule has 3 aromatic carbocycles. The highest BCUT2D eigenvalue weighted by molar-refractivity contribution is 7.98. The summed E-state index contributed by atoms with van der Waals surface area (Å²) in [5.74, 6) is 4.29. The molecule has 0 spiro atoms. The molecule has 1 aliphatic rings. The minimum Gasteiger partial charge on any atom is -0.496 e. The predicted molar refractivity (Wildman–Crippen MR) is 169 cm³/mol. The number of hydrogen-bond donors (Lipinski definition) is 0. The lowest BCUT2D eigenvalue weighted by Gasteiger charge is -2.26. The van der Waals surface area contributed by atoms with Crippen LogP contribution in [0, 0.1) is 10.1 Å². The molecule has 214 valence electrons. The molecule has 0 aliphatic carbocycles. The van der Waals surface area contributed by atoms with Gasteiger partial charge in [-0.3, -0.25) is 10.1 Å². The van der Waals surface area contributed by atoms with Gasteiger partial charge in [0.25, 0.3) is 5.69 Å². The summed E-state index contributed by atoms with van der Waals surface area (Å²) in [6.45, 7) is 13.4. The van der Waals surface area contributed by atoms with Crippen LogP contribution >= 0.6 is 23.5 Å². The van der Waals surface area contributed by atoms with Crippen molar-refractivity contribution >= 4 is 29.2 Å². The second kappa shape index (κ2) is 12.1. The number of methoxy groups -OCH3 is 2. The summed E-state index contributed by atoms with van der Waals surface area (Å²) in [4.78, 5) is 12.0. The quantitative estimate of drug-likeness (QED) is 0.228. The van der Waals surface area contributed by atoms with E-state index in [1.807, 2.05) is 18.2 Å². The molecule has 0 radical (unpaired) electrons. The summed E-state index contributed by atoms with van der Waals surface area (Å²) in [5, 5.41) is 12.2. The highest BCUT2D eigenvalue weighted by atomic mass is 32.2. The Morgan fingerprint density at radius 3 is 1.40 bits per heavy atom. The molecule has 4 rings (SSSR count). The van der Waals surface area contributed by atoms with Gasteiger partial charge in [-0.25, -0.2) is 0 Å². The van der Waals surface area contributed by atoms with Crippen LogP contribution in [0.25, 0.3) is 0 Å². The van der Waals surface area contributed by atoms with Crippen molar-refractivity contribution in [2.45, 2.75) is 81.8 Å². The van der Waals surface area contributed by atoms with Gasteiger partial charge in [-0.1, -0.05) is 84.0 Å². The Kier molecular flexibility index (Phi) is 9.15. The van der Waals surface area contributed by atoms with Crippen molar-refractivity contribution in [2.75, 3.05) is 14.2 Å². The molecule has 0 unspecified atom stereocenters. The molecule has 0 saturated heterocycles. The summed E-state index contributed by atoms with van der Waals surface area (Å²) in [6, 6.07) is 14.8. The standard InChI is InChI=1S/C33H41NO4S2/c1-32(2,3)27-13-23-12-24-14-28(33(4,5)6)16-26(31(24)38-8)20-40-18-22-11-9-10-21(29(22)34(35)36)17-39-19-25(15-27)30(23)37-7/h9-11,13-16H,12,17-20H2,1-8H3. The number of fused-ring (bicyclic) bond motifs is 6. The Morgan fingerprint density at radius 1 is 0.675 bits per heavy atom. The van der Waals surface area contributed by atoms with Crippen molar-refractivity contribution in [1.29, 1.82) is 0 Å². The van der Waals surface area contributed by atoms with Gasteiger partial charge in [-0.05, 0) is 33.1 Å². The summed E-state index contributed by atoms with van der Waals surface area (Å²) in [7, 11) is 3.47. The number of nitro groups is 1. The summed E-state index contributed by atoms with van der Waals surface area (Å²) in [5.41, 5.74) is 8.65. The molecule has 3 aromatic rings. The fourth-order valence-corrected chi connectivity index (χ4v) is 7.21. The van der Waals surface area contributed by atoms with Crippen LogP contribution < -0.4 is 9.47 Å². The second-order valence-corrected chi connectivity index (χ2v) is 14.5. The van der Waals surface area contributed by atoms with E-state index in [0.29, 0.717) is 29.4 Å². The van der Waals surface area contributed by atoms with Gasteiger partial charge in [0, 0.05) is 51.7 Å². The first-order valence-corrected chi connectivity index (χ1v) is 16.0. The van der Waals surface area contributed by atoms with Crippen molar-refractivity contribution in [1.82, 2.24) is 0 Å². The summed E-state index contributed by atoms with van der Waals surface area (Å²) < 4.78 is 12.1. The number of nitrogens with zero attached hydrogens (tertiary/aromatic N) is 1. The van der Waals surface area contributed by atoms with Crippen LogP contribution in [-0.4, -0.2) is 19.1 Å². The SMILES string of the molecule is COc1c2cc(C(C)(C)C)cc1Cc1cc(C(C)(C)C)cc(c1OC)CSCc1cccc(c1[N+](=O)[O-])CSC2. The first-order chi connectivity index (χ1) is 18.8. The van der Waals surface area contributed by atoms with Gasteiger partial charge in [0.1, 0.15) is 11.5 Å². The van der Waals surface area contributed by atoms with E-state index < -0.39 is 0 Å². The molecular formula is C33H41NO4S2. The van der Waals surface area contributed by atoms with E-state index in [1.54, 1.807) is 37.7 Å². The fourth-order valence-electron chi connectivity index (χ4n) is 5.24. The lowest BCUT2D eigenvalue weighted by molar-refractivity contribution is -0.386. The zero-order chi connectivity index (χ0) is 29.2. The maximum atomic E-state index is 12.2. The van der Waals surface area contributed by atoms with Crippen LogP contribution in [0.15, 0.2) is 42.5 Å². The largest absolute Gasteiger partial charge is 0.496 e. The van der Waals surface area contributed by atoms with Crippen molar-refractivity contribution in [2.24, 2.45) is 0 Å². The zero-order valence-electron chi connectivity index (χ0n) is 25.0. The molecule has 0 aromatic heterocycles. The van der Waals surface area contributed by atoms with Crippen molar-refractivity contribution < 1.29 is 14.4 Å². The average molecular weight is 580 g/mol. The summed E-state index contributed by atoms with van der Waals surface area (Å²) >= 11 is 3.38. The second-order valence-electron chi connectivity index (χ2n) is 12.5. The first-order valence-electron chi connectivity index (χ1n) is 13.6. The molecule has 0 fully saturated rings. The molecule has 0 saturated carbocycles. The third-order valence-electron chi connectivity index (χ3n) is 7.42. The highest BCUT2D eigenvalue weighted by Crippen LogP contribution is 2.41. The number of hydrogen-bond acceptors (Lipinski definition) is 6. The maximum Gasteiger partial charge on any atom is 0.277 e. The first kappa shape index (κ1) is 30.3. The molecule has 5 nitrogen and oxygen atoms in total. The monoisotopic (exact) mass is 579 g/mol. The topological polar surface area (TPSA) is 61.6 Å². The Labute approximate surface area is 247 Å². The van der Waals surface area contributed by atoms with Crippen LogP contribution in [0.1, 0.15) is 86.1 Å². The number of nitro benzene ring substituents is 1. The lowest BCUT2D eigenvalue weighted by atomic mass is 9.82. The Hall–Kier alpha value is -2.64. The smallest absolute Gasteiger partial charge is 0.277 e. The van der Waals surface area contributed by atoms with E-state index >= 15 is 0 Å². The predicted octanol–water partition coefficient (Wildman–Crippen LogP) is 8.98. The van der Waals surface area contributed by atoms with Crippen molar-refractivity contribution in [3.63, 3.8) is 0 Å². The molecule has 0 atom stereocenters.